The van der Waals surface area contributed by atoms with Gasteiger partial charge in [0.05, 0.1) is 10.6 Å². The third kappa shape index (κ3) is 4.49. The molecule has 7 nitrogen and oxygen atoms in total. The van der Waals surface area contributed by atoms with E-state index in [1.54, 1.807) is 12.1 Å². The summed E-state index contributed by atoms with van der Waals surface area (Å²) in [5.41, 5.74) is 0.356. The van der Waals surface area contributed by atoms with Crippen LogP contribution in [0.25, 0.3) is 0 Å². The van der Waals surface area contributed by atoms with Crippen LogP contribution >= 0.6 is 0 Å². The predicted octanol–water partition coefficient (Wildman–Crippen LogP) is 3.27. The third-order valence-electron chi connectivity index (χ3n) is 3.46. The van der Waals surface area contributed by atoms with Gasteiger partial charge in [0, 0.05) is 18.6 Å². The molecule has 0 saturated heterocycles. The Bertz CT molecular complexity index is 1080. The van der Waals surface area contributed by atoms with Gasteiger partial charge in [-0.25, -0.2) is 12.4 Å². The molecule has 28 heavy (non-hydrogen) atoms. The van der Waals surface area contributed by atoms with Crippen LogP contribution in [0.5, 0.6) is 5.75 Å². The van der Waals surface area contributed by atoms with Gasteiger partial charge in [-0.2, -0.15) is 0 Å². The maximum absolute atomic E-state index is 12.6. The average molecular weight is 411 g/mol. The number of hydrogen-bond donors (Lipinski definition) is 1. The van der Waals surface area contributed by atoms with E-state index < -0.39 is 28.0 Å². The summed E-state index contributed by atoms with van der Waals surface area (Å²) in [4.78, 5) is 15.7. The predicted molar refractivity (Wildman–Crippen MR) is 92.3 cm³/mol. The van der Waals surface area contributed by atoms with Crippen LogP contribution in [0.4, 0.5) is 18.9 Å². The Morgan fingerprint density at radius 3 is 2.39 bits per heavy atom. The molecule has 0 atom stereocenters. The van der Waals surface area contributed by atoms with E-state index in [0.717, 1.165) is 34.4 Å². The maximum atomic E-state index is 12.6. The smallest absolute Gasteiger partial charge is 0.406 e. The number of pyridine rings is 1. The van der Waals surface area contributed by atoms with E-state index in [0.29, 0.717) is 0 Å². The molecule has 0 aliphatic rings. The molecule has 0 unspecified atom stereocenters. The molecule has 0 aliphatic heterocycles. The highest BCUT2D eigenvalue weighted by Gasteiger charge is 2.31. The fourth-order valence-electron chi connectivity index (χ4n) is 2.23. The first-order valence-electron chi connectivity index (χ1n) is 7.67. The number of halogens is 3. The van der Waals surface area contributed by atoms with Crippen LogP contribution in [-0.4, -0.2) is 29.6 Å². The molecular formula is C17H12F3N3O4S. The van der Waals surface area contributed by atoms with Crippen LogP contribution in [-0.2, 0) is 10.0 Å². The van der Waals surface area contributed by atoms with Crippen LogP contribution in [0.1, 0.15) is 10.5 Å². The molecule has 3 rings (SSSR count). The average Bonchev–Trinajstić information content (AvgIpc) is 3.11. The highest BCUT2D eigenvalue weighted by Crippen LogP contribution is 2.25. The number of ether oxygens (including phenoxy) is 1. The zero-order valence-corrected chi connectivity index (χ0v) is 14.7. The third-order valence-corrected chi connectivity index (χ3v) is 5.11. The van der Waals surface area contributed by atoms with E-state index >= 15 is 0 Å². The molecule has 0 bridgehead atoms. The number of benzene rings is 1. The molecule has 0 fully saturated rings. The first-order chi connectivity index (χ1) is 13.1. The van der Waals surface area contributed by atoms with Crippen molar-refractivity contribution in [2.24, 2.45) is 0 Å². The molecule has 2 heterocycles. The number of carbonyl (C=O) groups is 1. The molecule has 3 aromatic rings. The van der Waals surface area contributed by atoms with Crippen LogP contribution < -0.4 is 10.1 Å². The molecule has 2 aromatic heterocycles. The zero-order chi connectivity index (χ0) is 20.4. The number of aromatic nitrogens is 2. The van der Waals surface area contributed by atoms with Crippen LogP contribution in [0.15, 0.2) is 72.0 Å². The van der Waals surface area contributed by atoms with Crippen molar-refractivity contribution >= 4 is 21.6 Å². The second-order valence-electron chi connectivity index (χ2n) is 5.42. The summed E-state index contributed by atoms with van der Waals surface area (Å²) in [5.74, 6) is -1.06. The molecule has 1 amide bonds. The lowest BCUT2D eigenvalue weighted by Crippen LogP contribution is -2.17. The number of rotatable bonds is 5. The lowest BCUT2D eigenvalue weighted by molar-refractivity contribution is -0.274. The van der Waals surface area contributed by atoms with Crippen molar-refractivity contribution in [3.8, 4) is 5.75 Å². The largest absolute Gasteiger partial charge is 0.573 e. The topological polar surface area (TPSA) is 90.3 Å². The zero-order valence-electron chi connectivity index (χ0n) is 13.9. The van der Waals surface area contributed by atoms with Crippen LogP contribution in [0.3, 0.4) is 0 Å². The van der Waals surface area contributed by atoms with Gasteiger partial charge in [-0.1, -0.05) is 6.07 Å². The highest BCUT2D eigenvalue weighted by molar-refractivity contribution is 7.90. The van der Waals surface area contributed by atoms with Crippen molar-refractivity contribution in [1.82, 2.24) is 8.96 Å². The monoisotopic (exact) mass is 411 g/mol. The SMILES string of the molecule is O=C(Nc1ccn(S(=O)(=O)c2ccc(OC(F)(F)F)cc2)c1)c1ccccn1. The number of nitrogens with zero attached hydrogens (tertiary/aromatic N) is 2. The van der Waals surface area contributed by atoms with E-state index in [9.17, 15) is 26.4 Å². The second-order valence-corrected chi connectivity index (χ2v) is 7.27. The van der Waals surface area contributed by atoms with Gasteiger partial charge < -0.3 is 10.1 Å². The fraction of sp³-hybridized carbons (Fsp3) is 0.0588. The minimum Gasteiger partial charge on any atom is -0.406 e. The lowest BCUT2D eigenvalue weighted by atomic mass is 10.3. The summed E-state index contributed by atoms with van der Waals surface area (Å²) in [6.07, 6.45) is -1.07. The highest BCUT2D eigenvalue weighted by atomic mass is 32.2. The molecule has 0 spiro atoms. The molecule has 0 saturated carbocycles. The minimum absolute atomic E-state index is 0.151. The Morgan fingerprint density at radius 1 is 1.07 bits per heavy atom. The number of hydrogen-bond acceptors (Lipinski definition) is 5. The number of amides is 1. The first kappa shape index (κ1) is 19.4. The van der Waals surface area contributed by atoms with E-state index in [-0.39, 0.29) is 16.3 Å². The minimum atomic E-state index is -4.87. The van der Waals surface area contributed by atoms with E-state index in [4.69, 9.17) is 0 Å². The van der Waals surface area contributed by atoms with Crippen molar-refractivity contribution in [3.63, 3.8) is 0 Å². The Hall–Kier alpha value is -3.34. The fourth-order valence-corrected chi connectivity index (χ4v) is 3.42. The number of anilines is 1. The van der Waals surface area contributed by atoms with Gasteiger partial charge in [-0.3, -0.25) is 9.78 Å². The van der Waals surface area contributed by atoms with Gasteiger partial charge in [0.15, 0.2) is 0 Å². The van der Waals surface area contributed by atoms with Gasteiger partial charge in [0.2, 0.25) is 0 Å². The Balaban J connectivity index is 1.77. The van der Waals surface area contributed by atoms with E-state index in [2.05, 4.69) is 15.0 Å². The Labute approximate surface area is 157 Å². The number of alkyl halides is 3. The summed E-state index contributed by atoms with van der Waals surface area (Å²) in [7, 11) is -4.07. The van der Waals surface area contributed by atoms with Crippen molar-refractivity contribution in [2.45, 2.75) is 11.3 Å². The summed E-state index contributed by atoms with van der Waals surface area (Å²) in [6, 6.07) is 9.90. The molecule has 0 radical (unpaired) electrons. The van der Waals surface area contributed by atoms with Gasteiger partial charge in [0.1, 0.15) is 11.4 Å². The normalized spacial score (nSPS) is 11.8. The van der Waals surface area contributed by atoms with E-state index in [1.807, 2.05) is 0 Å². The van der Waals surface area contributed by atoms with Crippen molar-refractivity contribution < 1.29 is 31.1 Å². The Kier molecular flexibility index (Phi) is 5.10. The van der Waals surface area contributed by atoms with Crippen LogP contribution in [0.2, 0.25) is 0 Å². The summed E-state index contributed by atoms with van der Waals surface area (Å²) in [6.45, 7) is 0. The Morgan fingerprint density at radius 2 is 1.79 bits per heavy atom. The van der Waals surface area contributed by atoms with Crippen molar-refractivity contribution in [2.75, 3.05) is 5.32 Å². The number of carbonyl (C=O) groups excluding carboxylic acids is 1. The molecule has 0 aliphatic carbocycles. The first-order valence-corrected chi connectivity index (χ1v) is 9.11. The van der Waals surface area contributed by atoms with Gasteiger partial charge in [-0.15, -0.1) is 13.2 Å². The standard InChI is InChI=1S/C17H12F3N3O4S/c18-17(19,20)27-13-4-6-14(7-5-13)28(25,26)23-10-8-12(11-23)22-16(24)15-3-1-2-9-21-15/h1-11H,(H,22,24). The van der Waals surface area contributed by atoms with Gasteiger partial charge >= 0.3 is 6.36 Å². The lowest BCUT2D eigenvalue weighted by Gasteiger charge is -2.10. The summed E-state index contributed by atoms with van der Waals surface area (Å²) in [5, 5.41) is 2.51. The molecule has 1 aromatic carbocycles. The quantitative estimate of drug-likeness (QED) is 0.696. The summed E-state index contributed by atoms with van der Waals surface area (Å²) < 4.78 is 66.3. The van der Waals surface area contributed by atoms with E-state index in [1.165, 1.54) is 24.5 Å². The van der Waals surface area contributed by atoms with Gasteiger partial charge in [0.25, 0.3) is 15.9 Å². The van der Waals surface area contributed by atoms with Crippen LogP contribution in [0, 0.1) is 0 Å². The molecule has 11 heteroatoms. The molecule has 1 N–H and O–H groups in total. The maximum Gasteiger partial charge on any atom is 0.573 e. The molecule has 146 valence electrons. The molecular weight excluding hydrogens is 399 g/mol. The second kappa shape index (κ2) is 7.35. The number of nitrogens with one attached hydrogen (secondary N) is 1. The van der Waals surface area contributed by atoms with Gasteiger partial charge in [-0.05, 0) is 42.5 Å². The summed E-state index contributed by atoms with van der Waals surface area (Å²) >= 11 is 0. The van der Waals surface area contributed by atoms with Crippen molar-refractivity contribution in [3.05, 3.63) is 72.8 Å². The van der Waals surface area contributed by atoms with Crippen molar-refractivity contribution in [1.29, 1.82) is 0 Å².